The van der Waals surface area contributed by atoms with Crippen LogP contribution in [-0.4, -0.2) is 46.9 Å². The Balaban J connectivity index is 2.18. The SMILES string of the molecule is COCC(O)CNC(=O)c1cc(C)n(-c2ccccn2)c1C. The van der Waals surface area contributed by atoms with Crippen molar-refractivity contribution in [1.29, 1.82) is 0 Å². The summed E-state index contributed by atoms with van der Waals surface area (Å²) in [7, 11) is 1.51. The van der Waals surface area contributed by atoms with Gasteiger partial charge < -0.3 is 19.7 Å². The van der Waals surface area contributed by atoms with Gasteiger partial charge in [0.1, 0.15) is 5.82 Å². The highest BCUT2D eigenvalue weighted by Crippen LogP contribution is 2.19. The van der Waals surface area contributed by atoms with Gasteiger partial charge in [0.2, 0.25) is 0 Å². The molecule has 2 heterocycles. The van der Waals surface area contributed by atoms with E-state index in [1.165, 1.54) is 7.11 Å². The zero-order valence-electron chi connectivity index (χ0n) is 13.0. The predicted molar refractivity (Wildman–Crippen MR) is 83.3 cm³/mol. The number of carbonyl (C=O) groups excluding carboxylic acids is 1. The normalized spacial score (nSPS) is 12.2. The minimum absolute atomic E-state index is 0.153. The van der Waals surface area contributed by atoms with E-state index < -0.39 is 6.10 Å². The fourth-order valence-electron chi connectivity index (χ4n) is 2.39. The number of hydrogen-bond acceptors (Lipinski definition) is 4. The van der Waals surface area contributed by atoms with E-state index in [2.05, 4.69) is 10.3 Å². The van der Waals surface area contributed by atoms with Crippen LogP contribution < -0.4 is 5.32 Å². The molecule has 1 unspecified atom stereocenters. The molecule has 0 saturated carbocycles. The van der Waals surface area contributed by atoms with Gasteiger partial charge >= 0.3 is 0 Å². The van der Waals surface area contributed by atoms with Crippen LogP contribution in [0.5, 0.6) is 0 Å². The predicted octanol–water partition coefficient (Wildman–Crippen LogP) is 1.23. The Labute approximate surface area is 129 Å². The van der Waals surface area contributed by atoms with Crippen LogP contribution in [0.1, 0.15) is 21.7 Å². The zero-order chi connectivity index (χ0) is 16.1. The second kappa shape index (κ2) is 7.20. The quantitative estimate of drug-likeness (QED) is 0.841. The number of nitrogens with one attached hydrogen (secondary N) is 1. The third-order valence-corrected chi connectivity index (χ3v) is 3.41. The molecular weight excluding hydrogens is 282 g/mol. The summed E-state index contributed by atoms with van der Waals surface area (Å²) in [5, 5.41) is 12.3. The maximum atomic E-state index is 12.3. The van der Waals surface area contributed by atoms with E-state index in [0.29, 0.717) is 5.56 Å². The van der Waals surface area contributed by atoms with Crippen molar-refractivity contribution in [3.8, 4) is 5.82 Å². The minimum Gasteiger partial charge on any atom is -0.389 e. The third-order valence-electron chi connectivity index (χ3n) is 3.41. The molecule has 0 saturated heterocycles. The van der Waals surface area contributed by atoms with E-state index in [4.69, 9.17) is 4.74 Å². The van der Waals surface area contributed by atoms with Gasteiger partial charge in [-0.2, -0.15) is 0 Å². The van der Waals surface area contributed by atoms with Crippen molar-refractivity contribution in [3.63, 3.8) is 0 Å². The van der Waals surface area contributed by atoms with Crippen molar-refractivity contribution >= 4 is 5.91 Å². The van der Waals surface area contributed by atoms with Crippen LogP contribution in [0.15, 0.2) is 30.5 Å². The van der Waals surface area contributed by atoms with Crippen molar-refractivity contribution in [2.45, 2.75) is 20.0 Å². The van der Waals surface area contributed by atoms with Crippen LogP contribution in [0, 0.1) is 13.8 Å². The van der Waals surface area contributed by atoms with Crippen molar-refractivity contribution < 1.29 is 14.6 Å². The number of carbonyl (C=O) groups is 1. The number of amides is 1. The van der Waals surface area contributed by atoms with Crippen LogP contribution >= 0.6 is 0 Å². The number of rotatable bonds is 6. The molecule has 2 aromatic rings. The first-order valence-electron chi connectivity index (χ1n) is 7.10. The van der Waals surface area contributed by atoms with Gasteiger partial charge in [0, 0.05) is 31.2 Å². The zero-order valence-corrected chi connectivity index (χ0v) is 13.0. The molecule has 22 heavy (non-hydrogen) atoms. The summed E-state index contributed by atoms with van der Waals surface area (Å²) in [4.78, 5) is 16.6. The largest absolute Gasteiger partial charge is 0.389 e. The molecule has 6 heteroatoms. The monoisotopic (exact) mass is 303 g/mol. The highest BCUT2D eigenvalue weighted by molar-refractivity contribution is 5.95. The number of aromatic nitrogens is 2. The Morgan fingerprint density at radius 1 is 1.45 bits per heavy atom. The molecule has 0 bridgehead atoms. The average Bonchev–Trinajstić information content (AvgIpc) is 2.81. The molecule has 2 aromatic heterocycles. The van der Waals surface area contributed by atoms with Crippen LogP contribution in [0.2, 0.25) is 0 Å². The van der Waals surface area contributed by atoms with Crippen molar-refractivity contribution in [1.82, 2.24) is 14.9 Å². The first-order chi connectivity index (χ1) is 10.5. The minimum atomic E-state index is -0.715. The number of aryl methyl sites for hydroxylation is 1. The second-order valence-electron chi connectivity index (χ2n) is 5.13. The molecule has 0 aromatic carbocycles. The van der Waals surface area contributed by atoms with E-state index >= 15 is 0 Å². The Bertz CT molecular complexity index is 638. The first-order valence-corrected chi connectivity index (χ1v) is 7.10. The number of methoxy groups -OCH3 is 1. The summed E-state index contributed by atoms with van der Waals surface area (Å²) >= 11 is 0. The van der Waals surface area contributed by atoms with Crippen LogP contribution in [0.3, 0.4) is 0 Å². The standard InChI is InChI=1S/C16H21N3O3/c1-11-8-14(16(21)18-9-13(20)10-22-3)12(2)19(11)15-6-4-5-7-17-15/h4-8,13,20H,9-10H2,1-3H3,(H,18,21). The van der Waals surface area contributed by atoms with E-state index in [-0.39, 0.29) is 19.1 Å². The van der Waals surface area contributed by atoms with Gasteiger partial charge in [0.25, 0.3) is 5.91 Å². The summed E-state index contributed by atoms with van der Waals surface area (Å²) in [6, 6.07) is 7.47. The van der Waals surface area contributed by atoms with Crippen molar-refractivity contribution in [2.75, 3.05) is 20.3 Å². The molecule has 0 fully saturated rings. The summed E-state index contributed by atoms with van der Waals surface area (Å²) in [5.41, 5.74) is 2.32. The molecule has 2 rings (SSSR count). The summed E-state index contributed by atoms with van der Waals surface area (Å²) in [6.45, 7) is 4.15. The molecule has 0 aliphatic heterocycles. The van der Waals surface area contributed by atoms with Gasteiger partial charge in [0.15, 0.2) is 0 Å². The van der Waals surface area contributed by atoms with Gasteiger partial charge in [-0.15, -0.1) is 0 Å². The van der Waals surface area contributed by atoms with Crippen LogP contribution in [-0.2, 0) is 4.74 Å². The number of hydrogen-bond donors (Lipinski definition) is 2. The maximum absolute atomic E-state index is 12.3. The van der Waals surface area contributed by atoms with E-state index in [1.807, 2.05) is 42.7 Å². The molecule has 1 amide bonds. The van der Waals surface area contributed by atoms with Crippen molar-refractivity contribution in [2.24, 2.45) is 0 Å². The topological polar surface area (TPSA) is 76.4 Å². The van der Waals surface area contributed by atoms with Gasteiger partial charge in [0.05, 0.1) is 18.3 Å². The summed E-state index contributed by atoms with van der Waals surface area (Å²) in [5.74, 6) is 0.557. The Morgan fingerprint density at radius 2 is 2.23 bits per heavy atom. The molecular formula is C16H21N3O3. The molecule has 0 radical (unpaired) electrons. The van der Waals surface area contributed by atoms with E-state index in [1.54, 1.807) is 6.20 Å². The molecule has 0 aliphatic rings. The smallest absolute Gasteiger partial charge is 0.253 e. The number of nitrogens with zero attached hydrogens (tertiary/aromatic N) is 2. The summed E-state index contributed by atoms with van der Waals surface area (Å²) < 4.78 is 6.76. The van der Waals surface area contributed by atoms with Gasteiger partial charge in [-0.1, -0.05) is 6.07 Å². The second-order valence-corrected chi connectivity index (χ2v) is 5.13. The van der Waals surface area contributed by atoms with Crippen LogP contribution in [0.4, 0.5) is 0 Å². The molecule has 2 N–H and O–H groups in total. The maximum Gasteiger partial charge on any atom is 0.253 e. The van der Waals surface area contributed by atoms with E-state index in [0.717, 1.165) is 17.2 Å². The molecule has 0 aliphatic carbocycles. The third kappa shape index (κ3) is 3.52. The number of ether oxygens (including phenoxy) is 1. The Hall–Kier alpha value is -2.18. The lowest BCUT2D eigenvalue weighted by molar-refractivity contribution is 0.0609. The molecule has 0 spiro atoms. The average molecular weight is 303 g/mol. The lowest BCUT2D eigenvalue weighted by Crippen LogP contribution is -2.34. The lowest BCUT2D eigenvalue weighted by Gasteiger charge is -2.11. The molecule has 6 nitrogen and oxygen atoms in total. The van der Waals surface area contributed by atoms with Gasteiger partial charge in [-0.05, 0) is 32.0 Å². The molecule has 118 valence electrons. The highest BCUT2D eigenvalue weighted by atomic mass is 16.5. The number of aliphatic hydroxyl groups is 1. The Morgan fingerprint density at radius 3 is 2.86 bits per heavy atom. The molecule has 1 atom stereocenters. The van der Waals surface area contributed by atoms with E-state index in [9.17, 15) is 9.90 Å². The summed E-state index contributed by atoms with van der Waals surface area (Å²) in [6.07, 6.45) is 1.00. The first kappa shape index (κ1) is 16.2. The number of pyridine rings is 1. The van der Waals surface area contributed by atoms with Crippen molar-refractivity contribution in [3.05, 3.63) is 47.4 Å². The highest BCUT2D eigenvalue weighted by Gasteiger charge is 2.17. The van der Waals surface area contributed by atoms with Crippen LogP contribution in [0.25, 0.3) is 5.82 Å². The lowest BCUT2D eigenvalue weighted by atomic mass is 10.2. The number of aliphatic hydroxyl groups excluding tert-OH is 1. The van der Waals surface area contributed by atoms with Gasteiger partial charge in [-0.3, -0.25) is 4.79 Å². The fraction of sp³-hybridized carbons (Fsp3) is 0.375. The fourth-order valence-corrected chi connectivity index (χ4v) is 2.39. The van der Waals surface area contributed by atoms with Gasteiger partial charge in [-0.25, -0.2) is 4.98 Å². The Kier molecular flexibility index (Phi) is 5.30.